The van der Waals surface area contributed by atoms with Crippen molar-refractivity contribution in [2.24, 2.45) is 0 Å². The Morgan fingerprint density at radius 2 is 1.95 bits per heavy atom. The lowest BCUT2D eigenvalue weighted by molar-refractivity contribution is 0.103. The number of nitrogens with zero attached hydrogens (tertiary/aromatic N) is 1. The minimum absolute atomic E-state index is 0.113. The molecule has 0 bridgehead atoms. The average molecular weight is 275 g/mol. The molecule has 0 atom stereocenters. The molecule has 1 aromatic heterocycles. The largest absolute Gasteiger partial charge is 0.359 e. The summed E-state index contributed by atoms with van der Waals surface area (Å²) in [6, 6.07) is 9.72. The first kappa shape index (κ1) is 13.5. The molecule has 2 N–H and O–H groups in total. The first-order valence-corrected chi connectivity index (χ1v) is 6.98. The minimum atomic E-state index is -0.113. The summed E-state index contributed by atoms with van der Waals surface area (Å²) in [4.78, 5) is 17.2. The molecule has 19 heavy (non-hydrogen) atoms. The van der Waals surface area contributed by atoms with Crippen LogP contribution in [0.5, 0.6) is 0 Å². The number of para-hydroxylation sites is 1. The second kappa shape index (κ2) is 5.84. The second-order valence-electron chi connectivity index (χ2n) is 4.55. The molecular formula is C14H17N3OS. The van der Waals surface area contributed by atoms with Crippen LogP contribution in [0.15, 0.2) is 30.3 Å². The maximum Gasteiger partial charge on any atom is 0.267 e. The van der Waals surface area contributed by atoms with Gasteiger partial charge in [0.05, 0.1) is 5.69 Å². The highest BCUT2D eigenvalue weighted by Crippen LogP contribution is 2.24. The Morgan fingerprint density at radius 1 is 1.26 bits per heavy atom. The van der Waals surface area contributed by atoms with Crippen LogP contribution in [0.4, 0.5) is 10.8 Å². The van der Waals surface area contributed by atoms with Crippen molar-refractivity contribution < 1.29 is 4.79 Å². The fourth-order valence-electron chi connectivity index (χ4n) is 1.63. The summed E-state index contributed by atoms with van der Waals surface area (Å²) in [5.41, 5.74) is 1.54. The quantitative estimate of drug-likeness (QED) is 0.897. The third-order valence-corrected chi connectivity index (χ3v) is 3.53. The van der Waals surface area contributed by atoms with Crippen molar-refractivity contribution in [2.45, 2.75) is 26.8 Å². The third-order valence-electron chi connectivity index (χ3n) is 2.45. The average Bonchev–Trinajstić information content (AvgIpc) is 2.70. The Hall–Kier alpha value is -1.88. The van der Waals surface area contributed by atoms with E-state index in [2.05, 4.69) is 15.6 Å². The van der Waals surface area contributed by atoms with Gasteiger partial charge in [-0.3, -0.25) is 4.79 Å². The van der Waals surface area contributed by atoms with Crippen LogP contribution in [0, 0.1) is 6.92 Å². The van der Waals surface area contributed by atoms with Gasteiger partial charge in [0.15, 0.2) is 5.13 Å². The molecule has 1 aromatic carbocycles. The summed E-state index contributed by atoms with van der Waals surface area (Å²) >= 11 is 1.38. The van der Waals surface area contributed by atoms with Crippen molar-refractivity contribution in [3.63, 3.8) is 0 Å². The molecule has 2 aromatic rings. The topological polar surface area (TPSA) is 54.0 Å². The SMILES string of the molecule is Cc1nc(NC(C)C)sc1C(=O)Nc1ccccc1. The van der Waals surface area contributed by atoms with E-state index < -0.39 is 0 Å². The number of hydrogen-bond acceptors (Lipinski definition) is 4. The number of benzene rings is 1. The van der Waals surface area contributed by atoms with E-state index in [0.29, 0.717) is 10.9 Å². The molecule has 0 fully saturated rings. The molecule has 4 nitrogen and oxygen atoms in total. The first-order valence-electron chi connectivity index (χ1n) is 6.16. The Labute approximate surface area is 116 Å². The van der Waals surface area contributed by atoms with Crippen LogP contribution in [0.25, 0.3) is 0 Å². The number of hydrogen-bond donors (Lipinski definition) is 2. The van der Waals surface area contributed by atoms with Gasteiger partial charge in [0.25, 0.3) is 5.91 Å². The van der Waals surface area contributed by atoms with Gasteiger partial charge >= 0.3 is 0 Å². The molecule has 0 saturated heterocycles. The highest BCUT2D eigenvalue weighted by atomic mass is 32.1. The molecule has 0 radical (unpaired) electrons. The molecule has 5 heteroatoms. The zero-order valence-electron chi connectivity index (χ0n) is 11.2. The fraction of sp³-hybridized carbons (Fsp3) is 0.286. The lowest BCUT2D eigenvalue weighted by Crippen LogP contribution is -2.11. The van der Waals surface area contributed by atoms with Crippen molar-refractivity contribution in [3.8, 4) is 0 Å². The number of carbonyl (C=O) groups excluding carboxylic acids is 1. The maximum atomic E-state index is 12.2. The molecule has 0 aliphatic heterocycles. The van der Waals surface area contributed by atoms with E-state index in [0.717, 1.165) is 16.5 Å². The number of amides is 1. The molecular weight excluding hydrogens is 258 g/mol. The predicted molar refractivity (Wildman–Crippen MR) is 80.0 cm³/mol. The molecule has 0 spiro atoms. The number of thiazole rings is 1. The van der Waals surface area contributed by atoms with Crippen molar-refractivity contribution in [1.29, 1.82) is 0 Å². The maximum absolute atomic E-state index is 12.2. The van der Waals surface area contributed by atoms with Gasteiger partial charge in [-0.1, -0.05) is 29.5 Å². The van der Waals surface area contributed by atoms with Gasteiger partial charge in [0.2, 0.25) is 0 Å². The molecule has 1 heterocycles. The predicted octanol–water partition coefficient (Wildman–Crippen LogP) is 3.52. The van der Waals surface area contributed by atoms with E-state index in [1.807, 2.05) is 51.1 Å². The van der Waals surface area contributed by atoms with Gasteiger partial charge < -0.3 is 10.6 Å². The summed E-state index contributed by atoms with van der Waals surface area (Å²) in [5.74, 6) is -0.113. The van der Waals surface area contributed by atoms with Crippen molar-refractivity contribution in [3.05, 3.63) is 40.9 Å². The number of anilines is 2. The molecule has 100 valence electrons. The Morgan fingerprint density at radius 3 is 2.58 bits per heavy atom. The van der Waals surface area contributed by atoms with Crippen LogP contribution in [-0.2, 0) is 0 Å². The normalized spacial score (nSPS) is 10.5. The van der Waals surface area contributed by atoms with Crippen LogP contribution >= 0.6 is 11.3 Å². The number of carbonyl (C=O) groups is 1. The van der Waals surface area contributed by atoms with Gasteiger partial charge in [-0.15, -0.1) is 0 Å². The van der Waals surface area contributed by atoms with Gasteiger partial charge in [0, 0.05) is 11.7 Å². The summed E-state index contributed by atoms with van der Waals surface area (Å²) < 4.78 is 0. The van der Waals surface area contributed by atoms with Gasteiger partial charge in [0.1, 0.15) is 4.88 Å². The molecule has 1 amide bonds. The van der Waals surface area contributed by atoms with Crippen molar-refractivity contribution in [1.82, 2.24) is 4.98 Å². The number of aryl methyl sites for hydroxylation is 1. The molecule has 0 unspecified atom stereocenters. The highest BCUT2D eigenvalue weighted by molar-refractivity contribution is 7.17. The van der Waals surface area contributed by atoms with Crippen LogP contribution in [0.2, 0.25) is 0 Å². The van der Waals surface area contributed by atoms with Crippen LogP contribution in [0.1, 0.15) is 29.2 Å². The van der Waals surface area contributed by atoms with Gasteiger partial charge in [-0.2, -0.15) is 0 Å². The zero-order valence-corrected chi connectivity index (χ0v) is 12.0. The van der Waals surface area contributed by atoms with E-state index in [1.165, 1.54) is 11.3 Å². The number of aromatic nitrogens is 1. The zero-order chi connectivity index (χ0) is 13.8. The van der Waals surface area contributed by atoms with E-state index >= 15 is 0 Å². The summed E-state index contributed by atoms with van der Waals surface area (Å²) in [6.07, 6.45) is 0. The highest BCUT2D eigenvalue weighted by Gasteiger charge is 2.15. The monoisotopic (exact) mass is 275 g/mol. The van der Waals surface area contributed by atoms with Crippen molar-refractivity contribution in [2.75, 3.05) is 10.6 Å². The number of nitrogens with one attached hydrogen (secondary N) is 2. The van der Waals surface area contributed by atoms with Gasteiger partial charge in [-0.05, 0) is 32.9 Å². The Kier molecular flexibility index (Phi) is 4.16. The summed E-state index contributed by atoms with van der Waals surface area (Å²) in [6.45, 7) is 5.93. The second-order valence-corrected chi connectivity index (χ2v) is 5.55. The summed E-state index contributed by atoms with van der Waals surface area (Å²) in [5, 5.41) is 6.86. The molecule has 2 rings (SSSR count). The number of rotatable bonds is 4. The molecule has 0 aliphatic carbocycles. The minimum Gasteiger partial charge on any atom is -0.359 e. The first-order chi connectivity index (χ1) is 9.06. The molecule has 0 aliphatic rings. The van der Waals surface area contributed by atoms with Crippen LogP contribution in [0.3, 0.4) is 0 Å². The standard InChI is InChI=1S/C14H17N3OS/c1-9(2)15-14-16-10(3)12(19-14)13(18)17-11-7-5-4-6-8-11/h4-9H,1-3H3,(H,15,16)(H,17,18). The smallest absolute Gasteiger partial charge is 0.267 e. The van der Waals surface area contributed by atoms with E-state index in [-0.39, 0.29) is 5.91 Å². The fourth-order valence-corrected chi connectivity index (χ4v) is 2.63. The van der Waals surface area contributed by atoms with E-state index in [1.54, 1.807) is 0 Å². The lowest BCUT2D eigenvalue weighted by Gasteiger charge is -2.04. The Balaban J connectivity index is 2.13. The third kappa shape index (κ3) is 3.54. The molecule has 0 saturated carbocycles. The van der Waals surface area contributed by atoms with Crippen LogP contribution < -0.4 is 10.6 Å². The van der Waals surface area contributed by atoms with E-state index in [4.69, 9.17) is 0 Å². The Bertz CT molecular complexity index is 563. The lowest BCUT2D eigenvalue weighted by atomic mass is 10.3. The summed E-state index contributed by atoms with van der Waals surface area (Å²) in [7, 11) is 0. The van der Waals surface area contributed by atoms with Gasteiger partial charge in [-0.25, -0.2) is 4.98 Å². The van der Waals surface area contributed by atoms with E-state index in [9.17, 15) is 4.79 Å². The van der Waals surface area contributed by atoms with Crippen molar-refractivity contribution >= 4 is 28.1 Å². The van der Waals surface area contributed by atoms with Crippen LogP contribution in [-0.4, -0.2) is 16.9 Å².